The van der Waals surface area contributed by atoms with Crippen molar-refractivity contribution in [2.45, 2.75) is 51.0 Å². The average molecular weight is 169 g/mol. The van der Waals surface area contributed by atoms with Crippen molar-refractivity contribution in [2.24, 2.45) is 11.8 Å². The molecule has 0 aromatic heterocycles. The molecule has 2 rings (SSSR count). The standard InChI is InChI=1S/C11H20O/c1-12-11-8-4-6-9-5-2-3-7-10(9)11/h9-11H,2-8H2,1H3/p+1. The molecule has 3 atom stereocenters. The van der Waals surface area contributed by atoms with E-state index in [1.54, 1.807) is 0 Å². The van der Waals surface area contributed by atoms with E-state index in [0.29, 0.717) is 0 Å². The minimum Gasteiger partial charge on any atom is -0.433 e. The molecular weight excluding hydrogens is 148 g/mol. The van der Waals surface area contributed by atoms with Gasteiger partial charge in [-0.25, -0.2) is 0 Å². The van der Waals surface area contributed by atoms with Crippen molar-refractivity contribution in [3.05, 3.63) is 0 Å². The van der Waals surface area contributed by atoms with Gasteiger partial charge in [0.2, 0.25) is 0 Å². The third-order valence-corrected chi connectivity index (χ3v) is 3.87. The van der Waals surface area contributed by atoms with Gasteiger partial charge in [0.15, 0.2) is 6.10 Å². The van der Waals surface area contributed by atoms with Gasteiger partial charge >= 0.3 is 0 Å². The van der Waals surface area contributed by atoms with E-state index < -0.39 is 0 Å². The highest BCUT2D eigenvalue weighted by Crippen LogP contribution is 2.40. The molecule has 12 heavy (non-hydrogen) atoms. The van der Waals surface area contributed by atoms with Crippen LogP contribution in [0.4, 0.5) is 0 Å². The normalized spacial score (nSPS) is 42.2. The van der Waals surface area contributed by atoms with Crippen molar-refractivity contribution in [3.8, 4) is 0 Å². The predicted molar refractivity (Wildman–Crippen MR) is 51.2 cm³/mol. The molecule has 1 nitrogen and oxygen atoms in total. The second-order valence-electron chi connectivity index (χ2n) is 4.46. The summed E-state index contributed by atoms with van der Waals surface area (Å²) in [6.07, 6.45) is 10.9. The maximum atomic E-state index is 4.53. The molecule has 70 valence electrons. The molecule has 0 spiro atoms. The van der Waals surface area contributed by atoms with Gasteiger partial charge in [-0.05, 0) is 31.6 Å². The lowest BCUT2D eigenvalue weighted by Gasteiger charge is -2.38. The monoisotopic (exact) mass is 169 g/mol. The minimum atomic E-state index is 0.726. The Kier molecular flexibility index (Phi) is 2.69. The number of aliphatic hydroxyl groups is 2. The zero-order valence-electron chi connectivity index (χ0n) is 8.13. The van der Waals surface area contributed by atoms with Gasteiger partial charge in [0.1, 0.15) is 7.11 Å². The largest absolute Gasteiger partial charge is 0.433 e. The summed E-state index contributed by atoms with van der Waals surface area (Å²) in [6, 6.07) is 0. The lowest BCUT2D eigenvalue weighted by molar-refractivity contribution is -0.130. The Labute approximate surface area is 75.5 Å². The fourth-order valence-electron chi connectivity index (χ4n) is 3.23. The summed E-state index contributed by atoms with van der Waals surface area (Å²) in [5.74, 6) is 2.01. The molecule has 0 amide bonds. The van der Waals surface area contributed by atoms with Crippen LogP contribution in [0.25, 0.3) is 0 Å². The van der Waals surface area contributed by atoms with Crippen LogP contribution in [-0.2, 0) is 0 Å². The van der Waals surface area contributed by atoms with Crippen LogP contribution < -0.4 is 0 Å². The van der Waals surface area contributed by atoms with Crippen LogP contribution in [-0.4, -0.2) is 18.0 Å². The summed E-state index contributed by atoms with van der Waals surface area (Å²) < 4.78 is 4.53. The first-order valence-electron chi connectivity index (χ1n) is 5.51. The molecule has 2 saturated carbocycles. The molecular formula is C11H21O+. The zero-order chi connectivity index (χ0) is 8.39. The fourth-order valence-corrected chi connectivity index (χ4v) is 3.23. The summed E-state index contributed by atoms with van der Waals surface area (Å²) in [4.78, 5) is 0. The molecule has 0 radical (unpaired) electrons. The van der Waals surface area contributed by atoms with Crippen molar-refractivity contribution in [1.82, 2.24) is 0 Å². The van der Waals surface area contributed by atoms with Gasteiger partial charge in [0.05, 0.1) is 0 Å². The number of ether oxygens (including phenoxy) is 1. The average Bonchev–Trinajstić information content (AvgIpc) is 2.17. The van der Waals surface area contributed by atoms with Crippen LogP contribution in [0.5, 0.6) is 0 Å². The Hall–Kier alpha value is -0.0400. The van der Waals surface area contributed by atoms with E-state index in [1.165, 1.54) is 44.9 Å². The van der Waals surface area contributed by atoms with Crippen LogP contribution in [0, 0.1) is 11.8 Å². The Balaban J connectivity index is 1.99. The Bertz CT molecular complexity index is 135. The number of rotatable bonds is 1. The minimum absolute atomic E-state index is 0.726. The molecule has 2 aliphatic rings. The first-order chi connectivity index (χ1) is 5.92. The molecule has 1 N–H and O–H groups in total. The van der Waals surface area contributed by atoms with Crippen LogP contribution in [0.1, 0.15) is 44.9 Å². The Morgan fingerprint density at radius 2 is 1.67 bits per heavy atom. The molecule has 0 aromatic rings. The molecule has 2 fully saturated rings. The summed E-state index contributed by atoms with van der Waals surface area (Å²) in [7, 11) is 2.02. The number of hydrogen-bond donors (Lipinski definition) is 0. The smallest absolute Gasteiger partial charge is 0.157 e. The summed E-state index contributed by atoms with van der Waals surface area (Å²) in [5, 5.41) is 0. The molecule has 0 aromatic carbocycles. The molecule has 0 aliphatic heterocycles. The lowest BCUT2D eigenvalue weighted by Crippen LogP contribution is -2.37. The first kappa shape index (κ1) is 8.55. The molecule has 0 saturated heterocycles. The third kappa shape index (κ3) is 1.52. The quantitative estimate of drug-likeness (QED) is 0.535. The molecule has 2 aliphatic carbocycles. The van der Waals surface area contributed by atoms with Crippen LogP contribution in [0.3, 0.4) is 0 Å². The van der Waals surface area contributed by atoms with Gasteiger partial charge in [0.25, 0.3) is 0 Å². The van der Waals surface area contributed by atoms with E-state index in [-0.39, 0.29) is 0 Å². The van der Waals surface area contributed by atoms with Crippen molar-refractivity contribution >= 4 is 0 Å². The van der Waals surface area contributed by atoms with E-state index in [0.717, 1.165) is 17.9 Å². The second kappa shape index (κ2) is 3.78. The summed E-state index contributed by atoms with van der Waals surface area (Å²) in [5.41, 5.74) is 0. The lowest BCUT2D eigenvalue weighted by atomic mass is 9.69. The molecule has 0 heterocycles. The van der Waals surface area contributed by atoms with E-state index >= 15 is 0 Å². The van der Waals surface area contributed by atoms with E-state index in [4.69, 9.17) is 0 Å². The van der Waals surface area contributed by atoms with Gasteiger partial charge in [-0.1, -0.05) is 12.8 Å². The van der Waals surface area contributed by atoms with Crippen LogP contribution in [0.2, 0.25) is 0 Å². The Morgan fingerprint density at radius 3 is 2.50 bits per heavy atom. The Morgan fingerprint density at radius 1 is 0.917 bits per heavy atom. The molecule has 1 heteroatoms. The highest BCUT2D eigenvalue weighted by Gasteiger charge is 2.37. The maximum Gasteiger partial charge on any atom is 0.157 e. The third-order valence-electron chi connectivity index (χ3n) is 3.87. The second-order valence-corrected chi connectivity index (χ2v) is 4.46. The summed E-state index contributed by atoms with van der Waals surface area (Å²) in [6.45, 7) is 0. The van der Waals surface area contributed by atoms with Gasteiger partial charge < -0.3 is 4.74 Å². The highest BCUT2D eigenvalue weighted by molar-refractivity contribution is 4.85. The van der Waals surface area contributed by atoms with E-state index in [1.807, 2.05) is 7.11 Å². The topological polar surface area (TPSA) is 12.8 Å². The number of hydrogen-bond acceptors (Lipinski definition) is 0. The SMILES string of the molecule is C[OH+]C1CCCC2CCCCC21. The number of fused-ring (bicyclic) bond motifs is 1. The van der Waals surface area contributed by atoms with Gasteiger partial charge in [-0.3, -0.25) is 0 Å². The van der Waals surface area contributed by atoms with Gasteiger partial charge in [0, 0.05) is 12.3 Å². The molecule has 3 unspecified atom stereocenters. The fraction of sp³-hybridized carbons (Fsp3) is 1.00. The van der Waals surface area contributed by atoms with Crippen molar-refractivity contribution in [3.63, 3.8) is 0 Å². The van der Waals surface area contributed by atoms with Crippen LogP contribution in [0.15, 0.2) is 0 Å². The van der Waals surface area contributed by atoms with Crippen molar-refractivity contribution < 1.29 is 4.74 Å². The predicted octanol–water partition coefficient (Wildman–Crippen LogP) is 2.50. The van der Waals surface area contributed by atoms with Crippen molar-refractivity contribution in [1.29, 1.82) is 0 Å². The van der Waals surface area contributed by atoms with Gasteiger partial charge in [-0.15, -0.1) is 0 Å². The zero-order valence-corrected chi connectivity index (χ0v) is 8.13. The van der Waals surface area contributed by atoms with Crippen molar-refractivity contribution in [2.75, 3.05) is 7.11 Å². The van der Waals surface area contributed by atoms with E-state index in [9.17, 15) is 0 Å². The first-order valence-corrected chi connectivity index (χ1v) is 5.51. The van der Waals surface area contributed by atoms with E-state index in [2.05, 4.69) is 4.74 Å². The van der Waals surface area contributed by atoms with Gasteiger partial charge in [-0.2, -0.15) is 0 Å². The van der Waals surface area contributed by atoms with Crippen LogP contribution >= 0.6 is 0 Å². The summed E-state index contributed by atoms with van der Waals surface area (Å²) >= 11 is 0. The maximum absolute atomic E-state index is 4.53. The highest BCUT2D eigenvalue weighted by atomic mass is 16.5. The molecule has 0 bridgehead atoms.